The quantitative estimate of drug-likeness (QED) is 0.203. The molecular formula is C41H35NO. The number of hydrogen-bond donors (Lipinski definition) is 0. The van der Waals surface area contributed by atoms with Crippen molar-refractivity contribution in [3.05, 3.63) is 139 Å². The highest BCUT2D eigenvalue weighted by molar-refractivity contribution is 6.12. The molecule has 0 N–H and O–H groups in total. The highest BCUT2D eigenvalue weighted by Gasteiger charge is 2.20. The van der Waals surface area contributed by atoms with E-state index in [0.29, 0.717) is 11.8 Å². The Kier molecular flexibility index (Phi) is 6.91. The molecule has 0 spiro atoms. The van der Waals surface area contributed by atoms with Crippen LogP contribution in [0.5, 0.6) is 0 Å². The average Bonchev–Trinajstić information content (AvgIpc) is 3.44. The van der Waals surface area contributed by atoms with Crippen molar-refractivity contribution < 1.29 is 4.42 Å². The number of nitrogens with zero attached hydrogens (tertiary/aromatic N) is 1. The normalized spacial score (nSPS) is 11.7. The number of benzene rings is 5. The van der Waals surface area contributed by atoms with Crippen LogP contribution in [0.1, 0.15) is 50.7 Å². The predicted octanol–water partition coefficient (Wildman–Crippen LogP) is 11.9. The van der Waals surface area contributed by atoms with Gasteiger partial charge in [0, 0.05) is 28.1 Å². The van der Waals surface area contributed by atoms with Crippen LogP contribution in [0, 0.1) is 0 Å². The lowest BCUT2D eigenvalue weighted by molar-refractivity contribution is 0.671. The molecule has 0 aliphatic rings. The standard InChI is InChI=1S/C41H35NO/c1-26(2)36-23-31(28-13-7-5-8-14-28)24-37(27(3)4)39(36)30-21-22-42-38(25-30)35-20-12-19-34-33-18-11-17-32(40(33)43-41(34)35)29-15-9-6-10-16-29/h5-27H,1-4H3. The van der Waals surface area contributed by atoms with Gasteiger partial charge in [0.15, 0.2) is 0 Å². The van der Waals surface area contributed by atoms with Crippen LogP contribution in [0.2, 0.25) is 0 Å². The molecule has 0 aliphatic heterocycles. The third-order valence-corrected chi connectivity index (χ3v) is 8.48. The second kappa shape index (κ2) is 11.0. The van der Waals surface area contributed by atoms with Crippen LogP contribution < -0.4 is 0 Å². The number of fused-ring (bicyclic) bond motifs is 3. The first-order valence-electron chi connectivity index (χ1n) is 15.2. The van der Waals surface area contributed by atoms with Gasteiger partial charge in [-0.15, -0.1) is 0 Å². The minimum atomic E-state index is 0.364. The summed E-state index contributed by atoms with van der Waals surface area (Å²) in [6.45, 7) is 9.16. The van der Waals surface area contributed by atoms with Crippen molar-refractivity contribution in [2.24, 2.45) is 0 Å². The summed E-state index contributed by atoms with van der Waals surface area (Å²) in [4.78, 5) is 4.89. The molecule has 0 atom stereocenters. The zero-order valence-corrected chi connectivity index (χ0v) is 25.1. The summed E-state index contributed by atoms with van der Waals surface area (Å²) in [6, 6.07) is 43.1. The van der Waals surface area contributed by atoms with Crippen molar-refractivity contribution in [3.63, 3.8) is 0 Å². The summed E-state index contributed by atoms with van der Waals surface area (Å²) in [7, 11) is 0. The van der Waals surface area contributed by atoms with E-state index in [1.165, 1.54) is 33.4 Å². The van der Waals surface area contributed by atoms with E-state index in [9.17, 15) is 0 Å². The lowest BCUT2D eigenvalue weighted by Gasteiger charge is -2.22. The van der Waals surface area contributed by atoms with Gasteiger partial charge < -0.3 is 4.42 Å². The van der Waals surface area contributed by atoms with Gasteiger partial charge >= 0.3 is 0 Å². The molecule has 0 saturated heterocycles. The third-order valence-electron chi connectivity index (χ3n) is 8.48. The molecule has 0 amide bonds. The first-order chi connectivity index (χ1) is 21.0. The van der Waals surface area contributed by atoms with Gasteiger partial charge in [-0.2, -0.15) is 0 Å². The van der Waals surface area contributed by atoms with Gasteiger partial charge in [-0.1, -0.05) is 131 Å². The average molecular weight is 558 g/mol. The van der Waals surface area contributed by atoms with E-state index in [4.69, 9.17) is 9.40 Å². The Morgan fingerprint density at radius 3 is 1.65 bits per heavy atom. The number of rotatable bonds is 6. The number of furan rings is 1. The number of aromatic nitrogens is 1. The van der Waals surface area contributed by atoms with E-state index in [1.54, 1.807) is 0 Å². The van der Waals surface area contributed by atoms with Crippen LogP contribution in [0.4, 0.5) is 0 Å². The summed E-state index contributed by atoms with van der Waals surface area (Å²) in [5.41, 5.74) is 13.7. The molecule has 43 heavy (non-hydrogen) atoms. The molecule has 2 aromatic heterocycles. The lowest BCUT2D eigenvalue weighted by atomic mass is 9.82. The largest absolute Gasteiger partial charge is 0.455 e. The van der Waals surface area contributed by atoms with Crippen LogP contribution >= 0.6 is 0 Å². The molecular weight excluding hydrogens is 522 g/mol. The molecule has 0 radical (unpaired) electrons. The van der Waals surface area contributed by atoms with E-state index >= 15 is 0 Å². The van der Waals surface area contributed by atoms with Crippen molar-refractivity contribution in [2.75, 3.05) is 0 Å². The molecule has 210 valence electrons. The van der Waals surface area contributed by atoms with E-state index in [0.717, 1.165) is 44.3 Å². The number of pyridine rings is 1. The fraction of sp³-hybridized carbons (Fsp3) is 0.146. The van der Waals surface area contributed by atoms with E-state index in [1.807, 2.05) is 12.3 Å². The molecule has 2 heterocycles. The Morgan fingerprint density at radius 1 is 0.488 bits per heavy atom. The Morgan fingerprint density at radius 2 is 1.05 bits per heavy atom. The van der Waals surface area contributed by atoms with Gasteiger partial charge in [0.25, 0.3) is 0 Å². The van der Waals surface area contributed by atoms with Gasteiger partial charge in [-0.3, -0.25) is 4.98 Å². The first-order valence-corrected chi connectivity index (χ1v) is 15.2. The summed E-state index contributed by atoms with van der Waals surface area (Å²) >= 11 is 0. The molecule has 2 heteroatoms. The molecule has 7 rings (SSSR count). The minimum absolute atomic E-state index is 0.364. The Balaban J connectivity index is 1.41. The van der Waals surface area contributed by atoms with Crippen molar-refractivity contribution in [3.8, 4) is 44.6 Å². The fourth-order valence-electron chi connectivity index (χ4n) is 6.33. The second-order valence-electron chi connectivity index (χ2n) is 12.0. The summed E-state index contributed by atoms with van der Waals surface area (Å²) in [6.07, 6.45) is 1.95. The van der Waals surface area contributed by atoms with Crippen LogP contribution in [0.3, 0.4) is 0 Å². The van der Waals surface area contributed by atoms with Crippen molar-refractivity contribution in [1.82, 2.24) is 4.98 Å². The molecule has 0 aliphatic carbocycles. The zero-order valence-electron chi connectivity index (χ0n) is 25.1. The van der Waals surface area contributed by atoms with Gasteiger partial charge in [0.1, 0.15) is 11.2 Å². The summed E-state index contributed by atoms with van der Waals surface area (Å²) in [5, 5.41) is 2.23. The molecule has 0 fully saturated rings. The Hall–Kier alpha value is -4.95. The number of hydrogen-bond acceptors (Lipinski definition) is 2. The Bertz CT molecular complexity index is 2040. The first kappa shape index (κ1) is 26.9. The topological polar surface area (TPSA) is 26.0 Å². The molecule has 0 saturated carbocycles. The molecule has 5 aromatic carbocycles. The van der Waals surface area contributed by atoms with Crippen molar-refractivity contribution in [2.45, 2.75) is 39.5 Å². The number of para-hydroxylation sites is 2. The zero-order chi connectivity index (χ0) is 29.5. The fourth-order valence-corrected chi connectivity index (χ4v) is 6.33. The van der Waals surface area contributed by atoms with Gasteiger partial charge in [0.2, 0.25) is 0 Å². The minimum Gasteiger partial charge on any atom is -0.455 e. The summed E-state index contributed by atoms with van der Waals surface area (Å²) < 4.78 is 6.72. The second-order valence-corrected chi connectivity index (χ2v) is 12.0. The highest BCUT2D eigenvalue weighted by Crippen LogP contribution is 2.42. The maximum absolute atomic E-state index is 6.72. The van der Waals surface area contributed by atoms with Gasteiger partial charge in [-0.05, 0) is 69.0 Å². The Labute approximate surface area is 253 Å². The van der Waals surface area contributed by atoms with Crippen LogP contribution in [0.25, 0.3) is 66.6 Å². The van der Waals surface area contributed by atoms with Crippen LogP contribution in [-0.4, -0.2) is 4.98 Å². The maximum atomic E-state index is 6.72. The lowest BCUT2D eigenvalue weighted by Crippen LogP contribution is -2.02. The van der Waals surface area contributed by atoms with E-state index < -0.39 is 0 Å². The van der Waals surface area contributed by atoms with Crippen molar-refractivity contribution in [1.29, 1.82) is 0 Å². The third kappa shape index (κ3) is 4.83. The van der Waals surface area contributed by atoms with E-state index in [2.05, 4.69) is 143 Å². The smallest absolute Gasteiger partial charge is 0.144 e. The van der Waals surface area contributed by atoms with Gasteiger partial charge in [0.05, 0.1) is 5.69 Å². The molecule has 7 aromatic rings. The van der Waals surface area contributed by atoms with Crippen LogP contribution in [0.15, 0.2) is 132 Å². The van der Waals surface area contributed by atoms with Crippen LogP contribution in [-0.2, 0) is 0 Å². The van der Waals surface area contributed by atoms with Gasteiger partial charge in [-0.25, -0.2) is 0 Å². The van der Waals surface area contributed by atoms with Crippen molar-refractivity contribution >= 4 is 21.9 Å². The molecule has 2 nitrogen and oxygen atoms in total. The van der Waals surface area contributed by atoms with E-state index in [-0.39, 0.29) is 0 Å². The highest BCUT2D eigenvalue weighted by atomic mass is 16.3. The monoisotopic (exact) mass is 557 g/mol. The predicted molar refractivity (Wildman–Crippen MR) is 181 cm³/mol. The molecule has 0 unspecified atom stereocenters. The maximum Gasteiger partial charge on any atom is 0.144 e. The SMILES string of the molecule is CC(C)c1cc(-c2ccccc2)cc(C(C)C)c1-c1ccnc(-c2cccc3c2oc2c(-c4ccccc4)cccc23)c1. The summed E-state index contributed by atoms with van der Waals surface area (Å²) in [5.74, 6) is 0.728. The molecule has 0 bridgehead atoms.